The number of hydrogen-bond donors (Lipinski definition) is 2. The summed E-state index contributed by atoms with van der Waals surface area (Å²) in [4.78, 5) is 30.3. The molecule has 1 aromatic heterocycles. The van der Waals surface area contributed by atoms with Gasteiger partial charge in [-0.05, 0) is 39.5 Å². The molecular weight excluding hydrogens is 290 g/mol. The van der Waals surface area contributed by atoms with E-state index >= 15 is 0 Å². The molecule has 6 nitrogen and oxygen atoms in total. The number of urea groups is 1. The number of likely N-dealkylation sites (tertiary alicyclic amines) is 1. The number of thiazole rings is 1. The molecule has 2 N–H and O–H groups in total. The maximum Gasteiger partial charge on any atom is 0.323 e. The molecule has 116 valence electrons. The Bertz CT molecular complexity index is 510. The van der Waals surface area contributed by atoms with Crippen molar-refractivity contribution in [3.63, 3.8) is 0 Å². The number of amides is 2. The summed E-state index contributed by atoms with van der Waals surface area (Å²) in [6.45, 7) is 4.57. The lowest BCUT2D eigenvalue weighted by molar-refractivity contribution is -0.137. The highest BCUT2D eigenvalue weighted by Gasteiger charge is 2.27. The number of carbonyl (C=O) groups is 2. The number of anilines is 1. The van der Waals surface area contributed by atoms with E-state index in [1.165, 1.54) is 11.3 Å². The normalized spacial score (nSPS) is 18.6. The number of aromatic nitrogens is 1. The maximum atomic E-state index is 12.4. The van der Waals surface area contributed by atoms with Crippen molar-refractivity contribution in [3.05, 3.63) is 10.6 Å². The summed E-state index contributed by atoms with van der Waals surface area (Å²) in [6.07, 6.45) is 3.50. The molecule has 0 saturated carbocycles. The molecule has 1 saturated heterocycles. The number of carbonyl (C=O) groups excluding carboxylic acids is 1. The third-order valence-electron chi connectivity index (χ3n) is 3.82. The van der Waals surface area contributed by atoms with Crippen molar-refractivity contribution in [2.24, 2.45) is 0 Å². The molecule has 1 unspecified atom stereocenters. The van der Waals surface area contributed by atoms with Crippen molar-refractivity contribution in [3.8, 4) is 0 Å². The Morgan fingerprint density at radius 2 is 2.19 bits per heavy atom. The fourth-order valence-electron chi connectivity index (χ4n) is 2.55. The van der Waals surface area contributed by atoms with Crippen LogP contribution in [0.5, 0.6) is 0 Å². The Hall–Kier alpha value is -1.63. The molecule has 7 heteroatoms. The van der Waals surface area contributed by atoms with Crippen molar-refractivity contribution >= 4 is 28.5 Å². The summed E-state index contributed by atoms with van der Waals surface area (Å²) in [6, 6.07) is -0.157. The van der Waals surface area contributed by atoms with Gasteiger partial charge in [-0.15, -0.1) is 11.3 Å². The average molecular weight is 311 g/mol. The number of aryl methyl sites for hydroxylation is 2. The highest BCUT2D eigenvalue weighted by molar-refractivity contribution is 7.15. The van der Waals surface area contributed by atoms with Gasteiger partial charge in [0, 0.05) is 23.9 Å². The lowest BCUT2D eigenvalue weighted by Crippen LogP contribution is -2.46. The molecule has 2 amide bonds. The van der Waals surface area contributed by atoms with Crippen LogP contribution in [0, 0.1) is 13.8 Å². The number of nitrogens with one attached hydrogen (secondary N) is 1. The molecule has 1 atom stereocenters. The van der Waals surface area contributed by atoms with Gasteiger partial charge in [-0.3, -0.25) is 10.1 Å². The number of carboxylic acids is 1. The molecule has 0 aliphatic carbocycles. The lowest BCUT2D eigenvalue weighted by atomic mass is 9.98. The van der Waals surface area contributed by atoms with Crippen molar-refractivity contribution in [1.29, 1.82) is 0 Å². The number of aliphatic carboxylic acids is 1. The zero-order valence-electron chi connectivity index (χ0n) is 12.4. The Labute approximate surface area is 128 Å². The first-order valence-electron chi connectivity index (χ1n) is 7.21. The Morgan fingerprint density at radius 3 is 2.81 bits per heavy atom. The lowest BCUT2D eigenvalue weighted by Gasteiger charge is -2.35. The summed E-state index contributed by atoms with van der Waals surface area (Å²) in [5.41, 5.74) is 0.927. The molecule has 1 aromatic rings. The standard InChI is InChI=1S/C14H21N3O3S/c1-9-10(2)21-13(15-9)16-14(20)17-8-4-3-5-11(17)6-7-12(18)19/h11H,3-8H2,1-2H3,(H,18,19)(H,15,16,20). The summed E-state index contributed by atoms with van der Waals surface area (Å²) in [5.74, 6) is -0.813. The third-order valence-corrected chi connectivity index (χ3v) is 4.81. The molecule has 21 heavy (non-hydrogen) atoms. The van der Waals surface area contributed by atoms with Crippen LogP contribution in [0.4, 0.5) is 9.93 Å². The molecular formula is C14H21N3O3S. The van der Waals surface area contributed by atoms with Gasteiger partial charge in [0.05, 0.1) is 5.69 Å². The van der Waals surface area contributed by atoms with E-state index in [4.69, 9.17) is 5.11 Å². The first-order chi connectivity index (χ1) is 9.97. The largest absolute Gasteiger partial charge is 0.481 e. The third kappa shape index (κ3) is 4.17. The van der Waals surface area contributed by atoms with Gasteiger partial charge in [0.25, 0.3) is 0 Å². The Balaban J connectivity index is 1.99. The van der Waals surface area contributed by atoms with E-state index in [1.807, 2.05) is 13.8 Å². The SMILES string of the molecule is Cc1nc(NC(=O)N2CCCCC2CCC(=O)O)sc1C. The van der Waals surface area contributed by atoms with Gasteiger partial charge in [-0.1, -0.05) is 0 Å². The maximum absolute atomic E-state index is 12.4. The fraction of sp³-hybridized carbons (Fsp3) is 0.643. The van der Waals surface area contributed by atoms with E-state index in [1.54, 1.807) is 4.90 Å². The summed E-state index contributed by atoms with van der Waals surface area (Å²) >= 11 is 1.46. The highest BCUT2D eigenvalue weighted by Crippen LogP contribution is 2.24. The second kappa shape index (κ2) is 6.89. The van der Waals surface area contributed by atoms with Crippen molar-refractivity contribution in [1.82, 2.24) is 9.88 Å². The van der Waals surface area contributed by atoms with E-state index in [9.17, 15) is 9.59 Å². The zero-order valence-corrected chi connectivity index (χ0v) is 13.2. The van der Waals surface area contributed by atoms with E-state index in [0.29, 0.717) is 18.1 Å². The van der Waals surface area contributed by atoms with E-state index in [-0.39, 0.29) is 18.5 Å². The molecule has 1 fully saturated rings. The first-order valence-corrected chi connectivity index (χ1v) is 8.02. The molecule has 0 aromatic carbocycles. The average Bonchev–Trinajstić information content (AvgIpc) is 2.75. The number of piperidine rings is 1. The van der Waals surface area contributed by atoms with Crippen LogP contribution in [0.3, 0.4) is 0 Å². The van der Waals surface area contributed by atoms with Gasteiger partial charge < -0.3 is 10.0 Å². The second-order valence-electron chi connectivity index (χ2n) is 5.37. The predicted octanol–water partition coefficient (Wildman–Crippen LogP) is 3.01. The molecule has 2 heterocycles. The first kappa shape index (κ1) is 15.8. The van der Waals surface area contributed by atoms with E-state index < -0.39 is 5.97 Å². The summed E-state index contributed by atoms with van der Waals surface area (Å²) < 4.78 is 0. The smallest absolute Gasteiger partial charge is 0.323 e. The highest BCUT2D eigenvalue weighted by atomic mass is 32.1. The zero-order chi connectivity index (χ0) is 15.4. The molecule has 1 aliphatic heterocycles. The number of carboxylic acid groups (broad SMARTS) is 1. The van der Waals surface area contributed by atoms with Gasteiger partial charge in [0.1, 0.15) is 0 Å². The second-order valence-corrected chi connectivity index (χ2v) is 6.57. The molecule has 0 spiro atoms. The Morgan fingerprint density at radius 1 is 1.43 bits per heavy atom. The molecule has 2 rings (SSSR count). The fourth-order valence-corrected chi connectivity index (χ4v) is 3.35. The topological polar surface area (TPSA) is 82.5 Å². The van der Waals surface area contributed by atoms with Crippen LogP contribution in [0.25, 0.3) is 0 Å². The molecule has 0 bridgehead atoms. The van der Waals surface area contributed by atoms with Crippen LogP contribution in [0.2, 0.25) is 0 Å². The van der Waals surface area contributed by atoms with Crippen LogP contribution in [-0.2, 0) is 4.79 Å². The minimum atomic E-state index is -0.813. The van der Waals surface area contributed by atoms with Crippen LogP contribution in [0.15, 0.2) is 0 Å². The van der Waals surface area contributed by atoms with Crippen LogP contribution >= 0.6 is 11.3 Å². The van der Waals surface area contributed by atoms with Crippen molar-refractivity contribution < 1.29 is 14.7 Å². The number of hydrogen-bond acceptors (Lipinski definition) is 4. The Kier molecular flexibility index (Phi) is 5.17. The van der Waals surface area contributed by atoms with E-state index in [2.05, 4.69) is 10.3 Å². The van der Waals surface area contributed by atoms with Gasteiger partial charge in [-0.2, -0.15) is 0 Å². The van der Waals surface area contributed by atoms with Gasteiger partial charge >= 0.3 is 12.0 Å². The number of nitrogens with zero attached hydrogens (tertiary/aromatic N) is 2. The quantitative estimate of drug-likeness (QED) is 0.895. The van der Waals surface area contributed by atoms with Crippen molar-refractivity contribution in [2.45, 2.75) is 52.0 Å². The van der Waals surface area contributed by atoms with Gasteiger partial charge in [-0.25, -0.2) is 9.78 Å². The van der Waals surface area contributed by atoms with Crippen molar-refractivity contribution in [2.75, 3.05) is 11.9 Å². The van der Waals surface area contributed by atoms with Gasteiger partial charge in [0.2, 0.25) is 0 Å². The minimum absolute atomic E-state index is 0.0111. The predicted molar refractivity (Wildman–Crippen MR) is 81.8 cm³/mol. The minimum Gasteiger partial charge on any atom is -0.481 e. The van der Waals surface area contributed by atoms with E-state index in [0.717, 1.165) is 29.8 Å². The van der Waals surface area contributed by atoms with Crippen LogP contribution in [-0.4, -0.2) is 39.6 Å². The van der Waals surface area contributed by atoms with Gasteiger partial charge in [0.15, 0.2) is 5.13 Å². The van der Waals surface area contributed by atoms with Crippen LogP contribution in [0.1, 0.15) is 42.7 Å². The molecule has 1 aliphatic rings. The monoisotopic (exact) mass is 311 g/mol. The summed E-state index contributed by atoms with van der Waals surface area (Å²) in [5, 5.41) is 12.3. The number of rotatable bonds is 4. The molecule has 0 radical (unpaired) electrons. The van der Waals surface area contributed by atoms with Crippen LogP contribution < -0.4 is 5.32 Å². The summed E-state index contributed by atoms with van der Waals surface area (Å²) in [7, 11) is 0.